The molecule has 94 valence electrons. The summed E-state index contributed by atoms with van der Waals surface area (Å²) in [7, 11) is 0. The average molecular weight is 240 g/mol. The zero-order valence-electron chi connectivity index (χ0n) is 10.5. The van der Waals surface area contributed by atoms with E-state index in [1.165, 1.54) is 12.1 Å². The fourth-order valence-corrected chi connectivity index (χ4v) is 1.25. The molecule has 0 spiro atoms. The lowest BCUT2D eigenvalue weighted by molar-refractivity contribution is 0.00647. The van der Waals surface area contributed by atoms with Gasteiger partial charge in [-0.3, -0.25) is 0 Å². The van der Waals surface area contributed by atoms with E-state index in [4.69, 9.17) is 9.47 Å². The third kappa shape index (κ3) is 4.06. The van der Waals surface area contributed by atoms with Gasteiger partial charge in [-0.05, 0) is 39.8 Å². The Labute approximate surface area is 101 Å². The lowest BCUT2D eigenvalue weighted by atomic mass is 10.1. The molecule has 4 heteroatoms. The van der Waals surface area contributed by atoms with Gasteiger partial charge in [0, 0.05) is 6.07 Å². The monoisotopic (exact) mass is 240 g/mol. The Morgan fingerprint density at radius 3 is 2.47 bits per heavy atom. The van der Waals surface area contributed by atoms with Crippen molar-refractivity contribution in [1.82, 2.24) is 0 Å². The average Bonchev–Trinajstić information content (AvgIpc) is 2.15. The minimum atomic E-state index is -0.668. The first-order valence-electron chi connectivity index (χ1n) is 5.49. The van der Waals surface area contributed by atoms with Crippen LogP contribution in [0.15, 0.2) is 18.2 Å². The van der Waals surface area contributed by atoms with Gasteiger partial charge in [-0.2, -0.15) is 0 Å². The van der Waals surface area contributed by atoms with Gasteiger partial charge in [-0.25, -0.2) is 9.18 Å². The van der Waals surface area contributed by atoms with Crippen molar-refractivity contribution in [1.29, 1.82) is 0 Å². The number of ether oxygens (including phenoxy) is 2. The Bertz CT molecular complexity index is 408. The largest absolute Gasteiger partial charge is 0.494 e. The molecule has 0 bridgehead atoms. The molecule has 0 saturated heterocycles. The molecule has 0 fully saturated rings. The summed E-state index contributed by atoms with van der Waals surface area (Å²) in [6.45, 7) is 7.46. The van der Waals surface area contributed by atoms with E-state index in [1.807, 2.05) is 0 Å². The second kappa shape index (κ2) is 5.17. The summed E-state index contributed by atoms with van der Waals surface area (Å²) in [4.78, 5) is 11.6. The molecule has 1 rings (SSSR count). The second-order valence-corrected chi connectivity index (χ2v) is 4.58. The van der Waals surface area contributed by atoms with E-state index in [1.54, 1.807) is 33.8 Å². The summed E-state index contributed by atoms with van der Waals surface area (Å²) >= 11 is 0. The Morgan fingerprint density at radius 1 is 1.35 bits per heavy atom. The molecular formula is C13H17FO3. The number of benzene rings is 1. The molecule has 3 nitrogen and oxygen atoms in total. The fraction of sp³-hybridized carbons (Fsp3) is 0.462. The number of carbonyl (C=O) groups is 1. The number of hydrogen-bond acceptors (Lipinski definition) is 3. The third-order valence-corrected chi connectivity index (χ3v) is 1.87. The van der Waals surface area contributed by atoms with Crippen LogP contribution in [0, 0.1) is 5.82 Å². The van der Waals surface area contributed by atoms with Crippen LogP contribution in [0.25, 0.3) is 0 Å². The molecule has 0 saturated carbocycles. The van der Waals surface area contributed by atoms with Gasteiger partial charge < -0.3 is 9.47 Å². The van der Waals surface area contributed by atoms with E-state index in [2.05, 4.69) is 0 Å². The summed E-state index contributed by atoms with van der Waals surface area (Å²) in [5.41, 5.74) is -0.717. The zero-order valence-corrected chi connectivity index (χ0v) is 10.5. The van der Waals surface area contributed by atoms with Gasteiger partial charge in [0.15, 0.2) is 0 Å². The molecule has 0 amide bonds. The van der Waals surface area contributed by atoms with E-state index in [9.17, 15) is 9.18 Å². The van der Waals surface area contributed by atoms with Crippen LogP contribution in [0.4, 0.5) is 4.39 Å². The summed E-state index contributed by atoms with van der Waals surface area (Å²) in [5, 5.41) is 0. The molecule has 0 atom stereocenters. The number of esters is 1. The summed E-state index contributed by atoms with van der Waals surface area (Å²) in [5.74, 6) is -0.902. The summed E-state index contributed by atoms with van der Waals surface area (Å²) < 4.78 is 23.8. The van der Waals surface area contributed by atoms with E-state index < -0.39 is 17.4 Å². The molecule has 0 aliphatic rings. The molecular weight excluding hydrogens is 223 g/mol. The van der Waals surface area contributed by atoms with E-state index in [0.29, 0.717) is 12.4 Å². The molecule has 0 unspecified atom stereocenters. The SMILES string of the molecule is CCOc1ccc(C(=O)OC(C)(C)C)c(F)c1. The number of halogens is 1. The van der Waals surface area contributed by atoms with Crippen molar-refractivity contribution in [2.75, 3.05) is 6.61 Å². The predicted molar refractivity (Wildman–Crippen MR) is 62.7 cm³/mol. The number of hydrogen-bond donors (Lipinski definition) is 0. The van der Waals surface area contributed by atoms with Crippen molar-refractivity contribution in [2.45, 2.75) is 33.3 Å². The molecule has 1 aromatic carbocycles. The standard InChI is InChI=1S/C13H17FO3/c1-5-16-9-6-7-10(11(14)8-9)12(15)17-13(2,3)4/h6-8H,5H2,1-4H3. The quantitative estimate of drug-likeness (QED) is 0.761. The molecule has 0 radical (unpaired) electrons. The van der Waals surface area contributed by atoms with Crippen molar-refractivity contribution in [3.8, 4) is 5.75 Å². The van der Waals surface area contributed by atoms with Crippen LogP contribution in [0.2, 0.25) is 0 Å². The first-order chi connectivity index (χ1) is 7.83. The van der Waals surface area contributed by atoms with Crippen molar-refractivity contribution in [2.24, 2.45) is 0 Å². The third-order valence-electron chi connectivity index (χ3n) is 1.87. The molecule has 0 N–H and O–H groups in total. The Balaban J connectivity index is 2.88. The van der Waals surface area contributed by atoms with Gasteiger partial charge in [-0.1, -0.05) is 0 Å². The molecule has 0 heterocycles. The summed E-state index contributed by atoms with van der Waals surface area (Å²) in [6, 6.07) is 4.10. The van der Waals surface area contributed by atoms with Gasteiger partial charge in [-0.15, -0.1) is 0 Å². The highest BCUT2D eigenvalue weighted by Crippen LogP contribution is 2.19. The normalized spacial score (nSPS) is 11.1. The van der Waals surface area contributed by atoms with Crippen molar-refractivity contribution < 1.29 is 18.7 Å². The lowest BCUT2D eigenvalue weighted by Gasteiger charge is -2.19. The van der Waals surface area contributed by atoms with Crippen molar-refractivity contribution >= 4 is 5.97 Å². The molecule has 17 heavy (non-hydrogen) atoms. The molecule has 1 aromatic rings. The van der Waals surface area contributed by atoms with Gasteiger partial charge in [0.1, 0.15) is 17.2 Å². The zero-order chi connectivity index (χ0) is 13.1. The van der Waals surface area contributed by atoms with Gasteiger partial charge in [0.25, 0.3) is 0 Å². The summed E-state index contributed by atoms with van der Waals surface area (Å²) in [6.07, 6.45) is 0. The van der Waals surface area contributed by atoms with Crippen LogP contribution in [0.3, 0.4) is 0 Å². The molecule has 0 aromatic heterocycles. The first kappa shape index (κ1) is 13.5. The molecule has 0 aliphatic carbocycles. The van der Waals surface area contributed by atoms with Crippen LogP contribution < -0.4 is 4.74 Å². The maximum Gasteiger partial charge on any atom is 0.341 e. The van der Waals surface area contributed by atoms with Crippen molar-refractivity contribution in [3.05, 3.63) is 29.6 Å². The minimum Gasteiger partial charge on any atom is -0.494 e. The highest BCUT2D eigenvalue weighted by Gasteiger charge is 2.20. The number of rotatable bonds is 3. The number of carbonyl (C=O) groups excluding carboxylic acids is 1. The lowest BCUT2D eigenvalue weighted by Crippen LogP contribution is -2.24. The minimum absolute atomic E-state index is 0.0802. The van der Waals surface area contributed by atoms with Gasteiger partial charge >= 0.3 is 5.97 Å². The maximum absolute atomic E-state index is 13.6. The van der Waals surface area contributed by atoms with E-state index in [0.717, 1.165) is 0 Å². The Hall–Kier alpha value is -1.58. The second-order valence-electron chi connectivity index (χ2n) is 4.58. The van der Waals surface area contributed by atoms with Crippen LogP contribution in [-0.4, -0.2) is 18.2 Å². The smallest absolute Gasteiger partial charge is 0.341 e. The van der Waals surface area contributed by atoms with Crippen LogP contribution in [0.5, 0.6) is 5.75 Å². The topological polar surface area (TPSA) is 35.5 Å². The van der Waals surface area contributed by atoms with Gasteiger partial charge in [0.05, 0.1) is 12.2 Å². The van der Waals surface area contributed by atoms with E-state index >= 15 is 0 Å². The van der Waals surface area contributed by atoms with Gasteiger partial charge in [0.2, 0.25) is 0 Å². The van der Waals surface area contributed by atoms with Crippen LogP contribution in [0.1, 0.15) is 38.1 Å². The first-order valence-corrected chi connectivity index (χ1v) is 5.49. The highest BCUT2D eigenvalue weighted by atomic mass is 19.1. The fourth-order valence-electron chi connectivity index (χ4n) is 1.25. The van der Waals surface area contributed by atoms with Crippen LogP contribution >= 0.6 is 0 Å². The van der Waals surface area contributed by atoms with Crippen LogP contribution in [-0.2, 0) is 4.74 Å². The predicted octanol–water partition coefficient (Wildman–Crippen LogP) is 3.18. The molecule has 0 aliphatic heterocycles. The van der Waals surface area contributed by atoms with Crippen molar-refractivity contribution in [3.63, 3.8) is 0 Å². The Morgan fingerprint density at radius 2 is 2.00 bits per heavy atom. The highest BCUT2D eigenvalue weighted by molar-refractivity contribution is 5.90. The van der Waals surface area contributed by atoms with E-state index in [-0.39, 0.29) is 5.56 Å². The Kier molecular flexibility index (Phi) is 4.10. The maximum atomic E-state index is 13.6.